The number of rotatable bonds is 5. The van der Waals surface area contributed by atoms with Crippen LogP contribution in [0, 0.1) is 6.92 Å². The van der Waals surface area contributed by atoms with E-state index in [-0.39, 0.29) is 11.9 Å². The number of nitrogens with one attached hydrogen (secondary N) is 1. The van der Waals surface area contributed by atoms with Crippen LogP contribution in [0.1, 0.15) is 35.9 Å². The lowest BCUT2D eigenvalue weighted by molar-refractivity contribution is 0.0944. The molecule has 88 valence electrons. The second-order valence-corrected chi connectivity index (χ2v) is 4.08. The Morgan fingerprint density at radius 1 is 1.69 bits per heavy atom. The van der Waals surface area contributed by atoms with Crippen molar-refractivity contribution in [1.82, 2.24) is 5.32 Å². The van der Waals surface area contributed by atoms with Gasteiger partial charge in [-0.1, -0.05) is 25.6 Å². The molecule has 16 heavy (non-hydrogen) atoms. The zero-order valence-electron chi connectivity index (χ0n) is 9.45. The number of nitrogens with two attached hydrogens (primary N) is 1. The fourth-order valence-electron chi connectivity index (χ4n) is 1.43. The molecule has 0 bridgehead atoms. The van der Waals surface area contributed by atoms with Crippen LogP contribution in [-0.4, -0.2) is 16.9 Å². The van der Waals surface area contributed by atoms with Gasteiger partial charge in [-0.05, 0) is 19.4 Å². The Morgan fingerprint density at radius 2 is 2.38 bits per heavy atom. The molecule has 0 saturated carbocycles. The highest BCUT2D eigenvalue weighted by molar-refractivity contribution is 7.80. The normalized spacial score (nSPS) is 12.1. The third-order valence-corrected chi connectivity index (χ3v) is 2.61. The Balaban J connectivity index is 2.69. The molecular weight excluding hydrogens is 224 g/mol. The third-order valence-electron chi connectivity index (χ3n) is 2.33. The Morgan fingerprint density at radius 3 is 2.81 bits per heavy atom. The Hall–Kier alpha value is -1.36. The number of thiocarbonyl (C=S) groups is 1. The van der Waals surface area contributed by atoms with E-state index >= 15 is 0 Å². The topological polar surface area (TPSA) is 68.3 Å². The summed E-state index contributed by atoms with van der Waals surface area (Å²) in [6, 6.07) is 1.38. The zero-order chi connectivity index (χ0) is 12.1. The van der Waals surface area contributed by atoms with E-state index in [1.807, 2.05) is 6.92 Å². The highest BCUT2D eigenvalue weighted by Crippen LogP contribution is 2.09. The number of furan rings is 1. The lowest BCUT2D eigenvalue weighted by atomic mass is 10.1. The first-order valence-corrected chi connectivity index (χ1v) is 5.61. The molecule has 1 unspecified atom stereocenters. The predicted octanol–water partition coefficient (Wildman–Crippen LogP) is 1.77. The van der Waals surface area contributed by atoms with Gasteiger partial charge in [0.05, 0.1) is 22.9 Å². The maximum absolute atomic E-state index is 11.8. The molecule has 3 N–H and O–H groups in total. The molecule has 0 aliphatic carbocycles. The van der Waals surface area contributed by atoms with Gasteiger partial charge in [0.25, 0.3) is 5.91 Å². The highest BCUT2D eigenvalue weighted by Gasteiger charge is 2.17. The van der Waals surface area contributed by atoms with Crippen LogP contribution in [0.4, 0.5) is 0 Å². The molecule has 1 amide bonds. The molecule has 0 saturated heterocycles. The van der Waals surface area contributed by atoms with Gasteiger partial charge in [0.15, 0.2) is 0 Å². The molecule has 4 nitrogen and oxygen atoms in total. The van der Waals surface area contributed by atoms with Crippen molar-refractivity contribution in [2.75, 3.05) is 0 Å². The van der Waals surface area contributed by atoms with Crippen LogP contribution in [-0.2, 0) is 0 Å². The predicted molar refractivity (Wildman–Crippen MR) is 66.4 cm³/mol. The molecule has 5 heteroatoms. The summed E-state index contributed by atoms with van der Waals surface area (Å²) in [5, 5.41) is 2.80. The van der Waals surface area contributed by atoms with Gasteiger partial charge in [0.2, 0.25) is 0 Å². The van der Waals surface area contributed by atoms with Crippen molar-refractivity contribution in [3.05, 3.63) is 23.7 Å². The van der Waals surface area contributed by atoms with E-state index < -0.39 is 0 Å². The van der Waals surface area contributed by atoms with Gasteiger partial charge in [0.1, 0.15) is 5.76 Å². The van der Waals surface area contributed by atoms with E-state index in [9.17, 15) is 4.79 Å². The summed E-state index contributed by atoms with van der Waals surface area (Å²) in [5.41, 5.74) is 6.08. The van der Waals surface area contributed by atoms with Crippen LogP contribution in [0.3, 0.4) is 0 Å². The molecule has 0 radical (unpaired) electrons. The molecule has 0 spiro atoms. The number of hydrogen-bond acceptors (Lipinski definition) is 3. The molecule has 1 rings (SSSR count). The Kier molecular flexibility index (Phi) is 4.49. The first-order valence-electron chi connectivity index (χ1n) is 5.20. The van der Waals surface area contributed by atoms with E-state index in [4.69, 9.17) is 22.4 Å². The standard InChI is InChI=1S/C11H16N2O2S/c1-3-4-9(10(12)16)13-11(14)8-5-6-15-7(8)2/h5-6,9H,3-4H2,1-2H3,(H2,12,16)(H,13,14). The van der Waals surface area contributed by atoms with E-state index in [0.29, 0.717) is 16.3 Å². The van der Waals surface area contributed by atoms with Crippen molar-refractivity contribution in [3.63, 3.8) is 0 Å². The van der Waals surface area contributed by atoms with Crippen molar-refractivity contribution < 1.29 is 9.21 Å². The SMILES string of the molecule is CCCC(NC(=O)c1ccoc1C)C(N)=S. The van der Waals surface area contributed by atoms with Crippen LogP contribution >= 0.6 is 12.2 Å². The van der Waals surface area contributed by atoms with E-state index in [0.717, 1.165) is 12.8 Å². The molecule has 1 aromatic rings. The van der Waals surface area contributed by atoms with Crippen LogP contribution in [0.2, 0.25) is 0 Å². The molecule has 0 aromatic carbocycles. The van der Waals surface area contributed by atoms with Crippen molar-refractivity contribution in [2.45, 2.75) is 32.7 Å². The van der Waals surface area contributed by atoms with Gasteiger partial charge in [-0.3, -0.25) is 4.79 Å². The summed E-state index contributed by atoms with van der Waals surface area (Å²) >= 11 is 4.90. The molecule has 1 aromatic heterocycles. The maximum Gasteiger partial charge on any atom is 0.255 e. The second-order valence-electron chi connectivity index (χ2n) is 3.61. The van der Waals surface area contributed by atoms with Crippen molar-refractivity contribution in [3.8, 4) is 0 Å². The molecular formula is C11H16N2O2S. The summed E-state index contributed by atoms with van der Waals surface area (Å²) in [5.74, 6) is 0.396. The Labute approximate surface area is 100 Å². The Bertz CT molecular complexity index is 387. The first-order chi connectivity index (χ1) is 7.56. The minimum absolute atomic E-state index is 0.197. The van der Waals surface area contributed by atoms with E-state index in [2.05, 4.69) is 5.32 Å². The summed E-state index contributed by atoms with van der Waals surface area (Å²) < 4.78 is 5.06. The number of hydrogen-bond donors (Lipinski definition) is 2. The average molecular weight is 240 g/mol. The lowest BCUT2D eigenvalue weighted by Gasteiger charge is -2.16. The van der Waals surface area contributed by atoms with Crippen LogP contribution < -0.4 is 11.1 Å². The summed E-state index contributed by atoms with van der Waals surface area (Å²) in [4.78, 5) is 12.1. The minimum Gasteiger partial charge on any atom is -0.469 e. The molecule has 0 fully saturated rings. The van der Waals surface area contributed by atoms with Crippen LogP contribution in [0.15, 0.2) is 16.7 Å². The summed E-state index contributed by atoms with van der Waals surface area (Å²) in [6.07, 6.45) is 3.14. The van der Waals surface area contributed by atoms with Crippen molar-refractivity contribution in [1.29, 1.82) is 0 Å². The van der Waals surface area contributed by atoms with Gasteiger partial charge in [-0.15, -0.1) is 0 Å². The van der Waals surface area contributed by atoms with E-state index in [1.54, 1.807) is 13.0 Å². The minimum atomic E-state index is -0.248. The first kappa shape index (κ1) is 12.7. The quantitative estimate of drug-likeness (QED) is 0.770. The molecule has 1 atom stereocenters. The smallest absolute Gasteiger partial charge is 0.255 e. The second kappa shape index (κ2) is 5.65. The van der Waals surface area contributed by atoms with Gasteiger partial charge >= 0.3 is 0 Å². The van der Waals surface area contributed by atoms with Crippen molar-refractivity contribution >= 4 is 23.1 Å². The van der Waals surface area contributed by atoms with E-state index in [1.165, 1.54) is 6.26 Å². The fraction of sp³-hybridized carbons (Fsp3) is 0.455. The van der Waals surface area contributed by atoms with Gasteiger partial charge in [0, 0.05) is 0 Å². The molecule has 1 heterocycles. The summed E-state index contributed by atoms with van der Waals surface area (Å²) in [7, 11) is 0. The van der Waals surface area contributed by atoms with Gasteiger partial charge < -0.3 is 15.5 Å². The zero-order valence-corrected chi connectivity index (χ0v) is 10.3. The van der Waals surface area contributed by atoms with Crippen LogP contribution in [0.5, 0.6) is 0 Å². The monoisotopic (exact) mass is 240 g/mol. The largest absolute Gasteiger partial charge is 0.469 e. The average Bonchev–Trinajstić information content (AvgIpc) is 2.63. The maximum atomic E-state index is 11.8. The number of amides is 1. The van der Waals surface area contributed by atoms with Crippen molar-refractivity contribution in [2.24, 2.45) is 5.73 Å². The molecule has 0 aliphatic heterocycles. The van der Waals surface area contributed by atoms with Crippen LogP contribution in [0.25, 0.3) is 0 Å². The number of carbonyl (C=O) groups is 1. The third kappa shape index (κ3) is 3.06. The summed E-state index contributed by atoms with van der Waals surface area (Å²) in [6.45, 7) is 3.75. The molecule has 0 aliphatic rings. The van der Waals surface area contributed by atoms with Gasteiger partial charge in [-0.25, -0.2) is 0 Å². The van der Waals surface area contributed by atoms with Gasteiger partial charge in [-0.2, -0.15) is 0 Å². The number of carbonyl (C=O) groups excluding carboxylic acids is 1. The number of aryl methyl sites for hydroxylation is 1. The fourth-order valence-corrected chi connectivity index (χ4v) is 1.61. The lowest BCUT2D eigenvalue weighted by Crippen LogP contribution is -2.43. The highest BCUT2D eigenvalue weighted by atomic mass is 32.1.